The molecule has 4 rings (SSSR count). The molecule has 1 saturated heterocycles. The van der Waals surface area contributed by atoms with E-state index in [-0.39, 0.29) is 34.8 Å². The largest absolute Gasteiger partial charge is 0.493 e. The van der Waals surface area contributed by atoms with Gasteiger partial charge in [-0.1, -0.05) is 18.2 Å². The van der Waals surface area contributed by atoms with Gasteiger partial charge in [-0.25, -0.2) is 4.39 Å². The van der Waals surface area contributed by atoms with E-state index in [1.807, 2.05) is 31.3 Å². The predicted octanol–water partition coefficient (Wildman–Crippen LogP) is 4.24. The summed E-state index contributed by atoms with van der Waals surface area (Å²) in [6.07, 6.45) is 4.15. The molecular formula is C26H29FN2O4S. The normalized spacial score (nSPS) is 23.4. The van der Waals surface area contributed by atoms with Crippen molar-refractivity contribution in [2.45, 2.75) is 37.1 Å². The van der Waals surface area contributed by atoms with Crippen LogP contribution in [-0.4, -0.2) is 49.3 Å². The molecule has 1 aliphatic heterocycles. The number of halogens is 1. The highest BCUT2D eigenvalue weighted by Crippen LogP contribution is 2.43. The van der Waals surface area contributed by atoms with E-state index in [2.05, 4.69) is 5.32 Å². The number of methoxy groups -OCH3 is 2. The molecule has 2 aliphatic rings. The SMILES string of the molecule is COc1ccc(/C=C2\SC3CCC(C(=O)NCc4ccc(F)cc4)CC3N(C)C2=O)cc1OC. The first kappa shape index (κ1) is 24.1. The minimum Gasteiger partial charge on any atom is -0.493 e. The zero-order valence-electron chi connectivity index (χ0n) is 19.5. The molecular weight excluding hydrogens is 455 g/mol. The highest BCUT2D eigenvalue weighted by molar-refractivity contribution is 8.04. The number of fused-ring (bicyclic) bond motifs is 1. The maximum absolute atomic E-state index is 13.1. The highest BCUT2D eigenvalue weighted by atomic mass is 32.2. The van der Waals surface area contributed by atoms with Gasteiger partial charge in [-0.15, -0.1) is 11.8 Å². The third-order valence-corrected chi connectivity index (χ3v) is 7.92. The Kier molecular flexibility index (Phi) is 7.46. The second-order valence-corrected chi connectivity index (χ2v) is 9.90. The summed E-state index contributed by atoms with van der Waals surface area (Å²) in [4.78, 5) is 28.4. The number of rotatable bonds is 6. The van der Waals surface area contributed by atoms with Crippen LogP contribution in [0.3, 0.4) is 0 Å². The van der Waals surface area contributed by atoms with Gasteiger partial charge in [-0.3, -0.25) is 9.59 Å². The Balaban J connectivity index is 1.40. The van der Waals surface area contributed by atoms with Gasteiger partial charge in [0.1, 0.15) is 5.82 Å². The topological polar surface area (TPSA) is 67.9 Å². The van der Waals surface area contributed by atoms with Crippen molar-refractivity contribution < 1.29 is 23.5 Å². The number of hydrogen-bond acceptors (Lipinski definition) is 5. The van der Waals surface area contributed by atoms with Gasteiger partial charge < -0.3 is 19.7 Å². The van der Waals surface area contributed by atoms with E-state index < -0.39 is 0 Å². The molecule has 0 aromatic heterocycles. The van der Waals surface area contributed by atoms with Crippen LogP contribution in [0.2, 0.25) is 0 Å². The number of carbonyl (C=O) groups is 2. The molecule has 2 aromatic rings. The summed E-state index contributed by atoms with van der Waals surface area (Å²) in [5.74, 6) is 0.766. The van der Waals surface area contributed by atoms with E-state index >= 15 is 0 Å². The van der Waals surface area contributed by atoms with Gasteiger partial charge in [-0.05, 0) is 60.7 Å². The number of hydrogen-bond donors (Lipinski definition) is 1. The summed E-state index contributed by atoms with van der Waals surface area (Å²) in [7, 11) is 4.99. The van der Waals surface area contributed by atoms with Gasteiger partial charge in [0.25, 0.3) is 5.91 Å². The summed E-state index contributed by atoms with van der Waals surface area (Å²) in [6.45, 7) is 0.367. The van der Waals surface area contributed by atoms with Crippen molar-refractivity contribution in [3.63, 3.8) is 0 Å². The molecule has 34 heavy (non-hydrogen) atoms. The second kappa shape index (κ2) is 10.5. The van der Waals surface area contributed by atoms with Crippen LogP contribution >= 0.6 is 11.8 Å². The lowest BCUT2D eigenvalue weighted by Gasteiger charge is -2.44. The van der Waals surface area contributed by atoms with E-state index in [9.17, 15) is 14.0 Å². The van der Waals surface area contributed by atoms with Crippen molar-refractivity contribution in [2.24, 2.45) is 5.92 Å². The Morgan fingerprint density at radius 1 is 1.15 bits per heavy atom. The van der Waals surface area contributed by atoms with E-state index in [1.165, 1.54) is 12.1 Å². The van der Waals surface area contributed by atoms with Crippen LogP contribution in [-0.2, 0) is 16.1 Å². The number of thioether (sulfide) groups is 1. The third-order valence-electron chi connectivity index (χ3n) is 6.52. The molecule has 1 heterocycles. The molecule has 2 fully saturated rings. The minimum atomic E-state index is -0.296. The molecule has 1 N–H and O–H groups in total. The van der Waals surface area contributed by atoms with Crippen molar-refractivity contribution in [3.05, 3.63) is 64.3 Å². The molecule has 180 valence electrons. The zero-order valence-corrected chi connectivity index (χ0v) is 20.4. The Hall–Kier alpha value is -3.00. The minimum absolute atomic E-state index is 0.00961. The number of nitrogens with zero attached hydrogens (tertiary/aromatic N) is 1. The lowest BCUT2D eigenvalue weighted by atomic mass is 9.83. The summed E-state index contributed by atoms with van der Waals surface area (Å²) < 4.78 is 23.8. The molecule has 1 aliphatic carbocycles. The van der Waals surface area contributed by atoms with Crippen LogP contribution in [0, 0.1) is 11.7 Å². The first-order valence-electron chi connectivity index (χ1n) is 11.3. The molecule has 0 bridgehead atoms. The number of benzene rings is 2. The van der Waals surface area contributed by atoms with E-state index in [1.54, 1.807) is 43.0 Å². The molecule has 0 radical (unpaired) electrons. The smallest absolute Gasteiger partial charge is 0.260 e. The van der Waals surface area contributed by atoms with E-state index in [0.29, 0.717) is 29.4 Å². The average Bonchev–Trinajstić information content (AvgIpc) is 2.86. The fraction of sp³-hybridized carbons (Fsp3) is 0.385. The van der Waals surface area contributed by atoms with Crippen LogP contribution < -0.4 is 14.8 Å². The quantitative estimate of drug-likeness (QED) is 0.621. The Bertz CT molecular complexity index is 1090. The first-order valence-corrected chi connectivity index (χ1v) is 12.2. The van der Waals surface area contributed by atoms with Gasteiger partial charge in [0.05, 0.1) is 19.1 Å². The molecule has 1 saturated carbocycles. The monoisotopic (exact) mass is 484 g/mol. The molecule has 2 aromatic carbocycles. The summed E-state index contributed by atoms with van der Waals surface area (Å²) >= 11 is 1.60. The van der Waals surface area contributed by atoms with Gasteiger partial charge >= 0.3 is 0 Å². The maximum atomic E-state index is 13.1. The highest BCUT2D eigenvalue weighted by Gasteiger charge is 2.42. The predicted molar refractivity (Wildman–Crippen MR) is 131 cm³/mol. The van der Waals surface area contributed by atoms with E-state index in [4.69, 9.17) is 9.47 Å². The van der Waals surface area contributed by atoms with Gasteiger partial charge in [0, 0.05) is 30.8 Å². The van der Waals surface area contributed by atoms with E-state index in [0.717, 1.165) is 24.0 Å². The molecule has 6 nitrogen and oxygen atoms in total. The van der Waals surface area contributed by atoms with Crippen LogP contribution in [0.4, 0.5) is 4.39 Å². The molecule has 3 unspecified atom stereocenters. The van der Waals surface area contributed by atoms with Crippen LogP contribution in [0.25, 0.3) is 6.08 Å². The number of carbonyl (C=O) groups excluding carboxylic acids is 2. The van der Waals surface area contributed by atoms with Gasteiger partial charge in [0.15, 0.2) is 11.5 Å². The average molecular weight is 485 g/mol. The molecule has 8 heteroatoms. The fourth-order valence-electron chi connectivity index (χ4n) is 4.57. The number of likely N-dealkylation sites (N-methyl/N-ethyl adjacent to an activating group) is 1. The Morgan fingerprint density at radius 3 is 2.59 bits per heavy atom. The van der Waals surface area contributed by atoms with Gasteiger partial charge in [-0.2, -0.15) is 0 Å². The van der Waals surface area contributed by atoms with Crippen molar-refractivity contribution in [1.82, 2.24) is 10.2 Å². The summed E-state index contributed by atoms with van der Waals surface area (Å²) in [5, 5.41) is 3.21. The Labute approximate surface area is 203 Å². The number of nitrogens with one attached hydrogen (secondary N) is 1. The molecule has 3 atom stereocenters. The fourth-order valence-corrected chi connectivity index (χ4v) is 6.05. The standard InChI is InChI=1S/C26H29FN2O4S/c1-29-20-14-18(25(30)28-15-16-4-8-19(27)9-5-16)7-11-23(20)34-24(26(29)31)13-17-6-10-21(32-2)22(12-17)33-3/h4-6,8-10,12-13,18,20,23H,7,11,14-15H2,1-3H3,(H,28,30)/b24-13-. The lowest BCUT2D eigenvalue weighted by molar-refractivity contribution is -0.132. The van der Waals surface area contributed by atoms with Crippen LogP contribution in [0.1, 0.15) is 30.4 Å². The zero-order chi connectivity index (χ0) is 24.2. The van der Waals surface area contributed by atoms with Crippen LogP contribution in [0.5, 0.6) is 11.5 Å². The molecule has 2 amide bonds. The lowest BCUT2D eigenvalue weighted by Crippen LogP contribution is -2.52. The molecule has 0 spiro atoms. The van der Waals surface area contributed by atoms with Crippen molar-refractivity contribution in [2.75, 3.05) is 21.3 Å². The van der Waals surface area contributed by atoms with Crippen molar-refractivity contribution in [3.8, 4) is 11.5 Å². The second-order valence-electron chi connectivity index (χ2n) is 8.62. The van der Waals surface area contributed by atoms with Crippen LogP contribution in [0.15, 0.2) is 47.4 Å². The first-order chi connectivity index (χ1) is 16.4. The van der Waals surface area contributed by atoms with Gasteiger partial charge in [0.2, 0.25) is 5.91 Å². The number of amides is 2. The number of ether oxygens (including phenoxy) is 2. The summed E-state index contributed by atoms with van der Waals surface area (Å²) in [5.41, 5.74) is 1.73. The third kappa shape index (κ3) is 5.22. The van der Waals surface area contributed by atoms with Crippen molar-refractivity contribution >= 4 is 29.7 Å². The summed E-state index contributed by atoms with van der Waals surface area (Å²) in [6, 6.07) is 11.7. The van der Waals surface area contributed by atoms with Crippen molar-refractivity contribution in [1.29, 1.82) is 0 Å². The maximum Gasteiger partial charge on any atom is 0.260 e. The Morgan fingerprint density at radius 2 is 1.88 bits per heavy atom.